The molecule has 0 aliphatic carbocycles. The smallest absolute Gasteiger partial charge is 0.426 e. The molecule has 10 N–H and O–H groups in total. The third-order valence-corrected chi connectivity index (χ3v) is 14.0. The van der Waals surface area contributed by atoms with Crippen molar-refractivity contribution in [2.45, 2.75) is 161 Å². The Kier molecular flexibility index (Phi) is 29.5. The number of primary amides is 1. The number of carbonyl (C=O) groups is 9. The highest BCUT2D eigenvalue weighted by Gasteiger charge is 2.51. The molecule has 0 radical (unpaired) electrons. The van der Waals surface area contributed by atoms with Gasteiger partial charge in [-0.3, -0.25) is 39.0 Å². The van der Waals surface area contributed by atoms with Gasteiger partial charge in [0.2, 0.25) is 35.4 Å². The first kappa shape index (κ1) is 68.1. The van der Waals surface area contributed by atoms with Gasteiger partial charge in [-0.1, -0.05) is 72.6 Å². The molecular formula is C56H84BrN9O16. The van der Waals surface area contributed by atoms with Gasteiger partial charge in [0.1, 0.15) is 24.8 Å². The molecule has 9 amide bonds. The van der Waals surface area contributed by atoms with Gasteiger partial charge in [0.15, 0.2) is 0 Å². The second-order valence-corrected chi connectivity index (χ2v) is 21.5. The number of rotatable bonds is 32. The summed E-state index contributed by atoms with van der Waals surface area (Å²) in [5.74, 6) is -3.12. The summed E-state index contributed by atoms with van der Waals surface area (Å²) in [6.07, 6.45) is 9.37. The van der Waals surface area contributed by atoms with Crippen LogP contribution in [0.15, 0.2) is 60.2 Å². The lowest BCUT2D eigenvalue weighted by atomic mass is 9.88. The van der Waals surface area contributed by atoms with E-state index in [1.807, 2.05) is 26.0 Å². The monoisotopic (exact) mass is 1220 g/mol. The van der Waals surface area contributed by atoms with Crippen LogP contribution in [0.1, 0.15) is 105 Å². The van der Waals surface area contributed by atoms with Crippen molar-refractivity contribution in [2.75, 3.05) is 56.8 Å². The number of benzene rings is 1. The van der Waals surface area contributed by atoms with Gasteiger partial charge in [0, 0.05) is 51.0 Å². The fourth-order valence-electron chi connectivity index (χ4n) is 8.98. The molecule has 3 aliphatic rings. The number of carbonyl (C=O) groups excluding carboxylic acids is 9. The molecule has 25 nitrogen and oxygen atoms in total. The highest BCUT2D eigenvalue weighted by molar-refractivity contribution is 9.09. The number of hydrazine groups is 1. The highest BCUT2D eigenvalue weighted by atomic mass is 79.9. The third kappa shape index (κ3) is 26.6. The van der Waals surface area contributed by atoms with Crippen molar-refractivity contribution in [2.24, 2.45) is 17.6 Å². The van der Waals surface area contributed by atoms with Gasteiger partial charge >= 0.3 is 18.1 Å². The van der Waals surface area contributed by atoms with Crippen molar-refractivity contribution >= 4 is 75.2 Å². The van der Waals surface area contributed by atoms with Gasteiger partial charge in [-0.05, 0) is 82.1 Å². The zero-order valence-corrected chi connectivity index (χ0v) is 49.6. The third-order valence-electron chi connectivity index (χ3n) is 13.5. The second kappa shape index (κ2) is 35.5. The molecule has 3 heterocycles. The number of esters is 1. The Labute approximate surface area is 487 Å². The Hall–Kier alpha value is -6.45. The van der Waals surface area contributed by atoms with Crippen LogP contribution >= 0.6 is 15.9 Å². The minimum atomic E-state index is -1.08. The number of halogens is 1. The molecular weight excluding hydrogens is 1130 g/mol. The van der Waals surface area contributed by atoms with Crippen LogP contribution in [0, 0.1) is 11.8 Å². The van der Waals surface area contributed by atoms with E-state index in [-0.39, 0.29) is 118 Å². The van der Waals surface area contributed by atoms with Crippen molar-refractivity contribution in [3.8, 4) is 0 Å². The summed E-state index contributed by atoms with van der Waals surface area (Å²) in [6.45, 7) is 14.3. The van der Waals surface area contributed by atoms with E-state index in [1.165, 1.54) is 19.1 Å². The molecule has 3 unspecified atom stereocenters. The zero-order valence-electron chi connectivity index (χ0n) is 48.0. The summed E-state index contributed by atoms with van der Waals surface area (Å²) in [7, 11) is 0. The first-order valence-electron chi connectivity index (χ1n) is 27.7. The lowest BCUT2D eigenvalue weighted by Crippen LogP contribution is -2.54. The molecule has 1 spiro atoms. The minimum Gasteiger partial charge on any atom is -0.459 e. The number of urea groups is 1. The first-order chi connectivity index (χ1) is 39.0. The fraction of sp³-hybridized carbons (Fsp3) is 0.625. The van der Waals surface area contributed by atoms with Gasteiger partial charge in [-0.15, -0.1) is 0 Å². The van der Waals surface area contributed by atoms with Crippen LogP contribution in [0.2, 0.25) is 0 Å². The van der Waals surface area contributed by atoms with Crippen LogP contribution in [0.25, 0.3) is 0 Å². The molecule has 3 saturated heterocycles. The maximum atomic E-state index is 13.6. The van der Waals surface area contributed by atoms with Crippen LogP contribution in [0.5, 0.6) is 0 Å². The molecule has 0 bridgehead atoms. The topological polar surface area (TPSA) is 344 Å². The molecule has 4 rings (SSSR count). The van der Waals surface area contributed by atoms with Gasteiger partial charge in [-0.2, -0.15) is 0 Å². The Morgan fingerprint density at radius 3 is 2.23 bits per heavy atom. The molecule has 1 aromatic rings. The van der Waals surface area contributed by atoms with E-state index in [4.69, 9.17) is 38.9 Å². The van der Waals surface area contributed by atoms with E-state index in [0.717, 1.165) is 12.0 Å². The molecule has 82 heavy (non-hydrogen) atoms. The van der Waals surface area contributed by atoms with E-state index in [9.17, 15) is 43.2 Å². The van der Waals surface area contributed by atoms with Crippen LogP contribution in [-0.4, -0.2) is 159 Å². The van der Waals surface area contributed by atoms with Crippen molar-refractivity contribution < 1.29 is 76.3 Å². The van der Waals surface area contributed by atoms with Crippen molar-refractivity contribution in [1.29, 1.82) is 0 Å². The number of nitrogens with one attached hydrogen (secondary N) is 8. The van der Waals surface area contributed by atoms with E-state index in [1.54, 1.807) is 45.0 Å². The number of amides is 9. The van der Waals surface area contributed by atoms with Crippen LogP contribution in [0.4, 0.5) is 15.3 Å². The Morgan fingerprint density at radius 2 is 1.56 bits per heavy atom. The minimum absolute atomic E-state index is 0.0352. The normalized spacial score (nSPS) is 22.5. The lowest BCUT2D eigenvalue weighted by Gasteiger charge is -2.39. The summed E-state index contributed by atoms with van der Waals surface area (Å²) in [4.78, 5) is 112. The number of epoxide rings is 1. The second-order valence-electron chi connectivity index (χ2n) is 21.0. The number of nitrogens with two attached hydrogens (primary N) is 1. The highest BCUT2D eigenvalue weighted by Crippen LogP contribution is 2.43. The Balaban J connectivity index is 1.18. The molecule has 1 aromatic carbocycles. The van der Waals surface area contributed by atoms with Crippen molar-refractivity contribution in [3.05, 3.63) is 65.8 Å². The Morgan fingerprint density at radius 1 is 0.841 bits per heavy atom. The zero-order chi connectivity index (χ0) is 60.2. The number of anilines is 1. The van der Waals surface area contributed by atoms with Crippen molar-refractivity contribution in [3.63, 3.8) is 0 Å². The van der Waals surface area contributed by atoms with Crippen molar-refractivity contribution in [1.82, 2.24) is 37.4 Å². The Bertz CT molecular complexity index is 2390. The van der Waals surface area contributed by atoms with Crippen LogP contribution < -0.4 is 48.5 Å². The predicted octanol–water partition coefficient (Wildman–Crippen LogP) is 3.30. The number of ether oxygens (including phenoxy) is 7. The molecule has 456 valence electrons. The summed E-state index contributed by atoms with van der Waals surface area (Å²) >= 11 is 3.06. The average molecular weight is 1220 g/mol. The molecule has 3 aliphatic heterocycles. The van der Waals surface area contributed by atoms with Gasteiger partial charge in [0.05, 0.1) is 80.8 Å². The fourth-order valence-corrected chi connectivity index (χ4v) is 9.18. The van der Waals surface area contributed by atoms with Gasteiger partial charge < -0.3 is 70.8 Å². The van der Waals surface area contributed by atoms with Crippen LogP contribution in [0.3, 0.4) is 0 Å². The molecule has 0 saturated carbocycles. The predicted molar refractivity (Wildman–Crippen MR) is 304 cm³/mol. The number of alkyl halides is 1. The molecule has 10 atom stereocenters. The summed E-state index contributed by atoms with van der Waals surface area (Å²) < 4.78 is 39.6. The maximum Gasteiger partial charge on any atom is 0.426 e. The van der Waals surface area contributed by atoms with E-state index in [0.29, 0.717) is 50.3 Å². The number of hydrogen-bond acceptors (Lipinski definition) is 16. The standard InChI is InChI=1S/C56H84BrN9O16/c1-34(2)51(64-48(69)20-23-76-25-26-77-24-22-59-50(71)31-57)53(73)63-44(9-8-21-60-54(58)74)52(72)61-41-15-13-40(14-16-41)32-78-55(75)66-65-49(70)28-43-30-56(33-79-56)29-42(82-43)17-10-35(3)11-18-46-36(4)27-45(38(6)81-46)62-47(68)19-12-37(5)80-39(7)67/h10-17,19,34,36-38,42-46,51H,8-9,18,20-33H2,1-7H3,(H,59,71)(H,61,72)(H,62,68)(H,63,73)(H,64,69)(H,65,70)(H,66,75)(H3,58,60,74)/b17-10+,19-12-,35-11+/t36?,37?,38-,42-,43-,44+,45-,46+,51?,56-/m1/s1. The SMILES string of the molecule is CC(=O)OC(C)/C=C\C(=O)N[C@@H]1CC(C)[C@H](C/C=C(C)/C=C/[C@@H]2C[C@]3(CO3)C[C@@H](CC(=O)NNC(=O)OCc3ccc(NC(=O)[C@H](CCCNC(N)=O)NC(=O)C(NC(=O)CCOCCOCCNC(=O)CBr)C(C)C)cc3)O2)O[C@@H]1C. The maximum absolute atomic E-state index is 13.6. The molecule has 26 heteroatoms. The quantitative estimate of drug-likeness (QED) is 0.00951. The number of allylic oxidation sites excluding steroid dienone is 2. The van der Waals surface area contributed by atoms with Gasteiger partial charge in [-0.25, -0.2) is 15.0 Å². The van der Waals surface area contributed by atoms with Crippen LogP contribution in [-0.2, 0) is 73.3 Å². The molecule has 3 fully saturated rings. The molecule has 0 aromatic heterocycles. The average Bonchev–Trinajstić information content (AvgIpc) is 3.33. The van der Waals surface area contributed by atoms with E-state index >= 15 is 0 Å². The largest absolute Gasteiger partial charge is 0.459 e. The first-order valence-corrected chi connectivity index (χ1v) is 28.8. The van der Waals surface area contributed by atoms with E-state index in [2.05, 4.69) is 71.7 Å². The summed E-state index contributed by atoms with van der Waals surface area (Å²) in [6, 6.07) is 3.41. The van der Waals surface area contributed by atoms with Gasteiger partial charge in [0.25, 0.3) is 0 Å². The summed E-state index contributed by atoms with van der Waals surface area (Å²) in [5.41, 5.74) is 11.4. The number of hydrogen-bond donors (Lipinski definition) is 9. The van der Waals surface area contributed by atoms with E-state index < -0.39 is 66.0 Å². The lowest BCUT2D eigenvalue weighted by molar-refractivity contribution is -0.143. The summed E-state index contributed by atoms with van der Waals surface area (Å²) in [5, 5.41) is 16.5.